The summed E-state index contributed by atoms with van der Waals surface area (Å²) >= 11 is 1.46. The highest BCUT2D eigenvalue weighted by Crippen LogP contribution is 2.41. The number of thioether (sulfide) groups is 1. The molecule has 5 N–H and O–H groups in total. The molecule has 6 heteroatoms. The first-order valence-corrected chi connectivity index (χ1v) is 7.14. The molecule has 1 saturated carbocycles. The van der Waals surface area contributed by atoms with Crippen molar-refractivity contribution in [3.63, 3.8) is 0 Å². The van der Waals surface area contributed by atoms with E-state index in [0.717, 1.165) is 12.8 Å². The van der Waals surface area contributed by atoms with E-state index in [9.17, 15) is 9.90 Å². The minimum atomic E-state index is -0.730. The van der Waals surface area contributed by atoms with Crippen LogP contribution in [-0.4, -0.2) is 52.4 Å². The average Bonchev–Trinajstić information content (AvgIpc) is 3.11. The van der Waals surface area contributed by atoms with Crippen LogP contribution >= 0.6 is 11.8 Å². The van der Waals surface area contributed by atoms with Gasteiger partial charge in [-0.2, -0.15) is 11.8 Å². The number of nitrogens with two attached hydrogens (primary N) is 1. The Morgan fingerprint density at radius 2 is 2.29 bits per heavy atom. The number of hydrogen-bond acceptors (Lipinski definition) is 5. The third-order valence-electron chi connectivity index (χ3n) is 3.06. The monoisotopic (exact) mass is 262 g/mol. The van der Waals surface area contributed by atoms with Crippen LogP contribution in [0.15, 0.2) is 0 Å². The predicted molar refractivity (Wildman–Crippen MR) is 68.7 cm³/mol. The van der Waals surface area contributed by atoms with E-state index < -0.39 is 11.6 Å². The van der Waals surface area contributed by atoms with E-state index >= 15 is 0 Å². The van der Waals surface area contributed by atoms with Gasteiger partial charge in [-0.05, 0) is 25.3 Å². The first-order chi connectivity index (χ1) is 8.06. The van der Waals surface area contributed by atoms with Crippen molar-refractivity contribution in [3.05, 3.63) is 0 Å². The summed E-state index contributed by atoms with van der Waals surface area (Å²) in [5, 5.41) is 21.2. The van der Waals surface area contributed by atoms with E-state index in [4.69, 9.17) is 10.8 Å². The number of aliphatic hydroxyl groups excluding tert-OH is 2. The van der Waals surface area contributed by atoms with Crippen molar-refractivity contribution in [1.29, 1.82) is 0 Å². The lowest BCUT2D eigenvalue weighted by molar-refractivity contribution is -0.124. The molecular weight excluding hydrogens is 240 g/mol. The molecule has 2 atom stereocenters. The molecule has 1 rings (SSSR count). The number of aliphatic hydroxyl groups is 2. The zero-order valence-electron chi connectivity index (χ0n) is 10.2. The van der Waals surface area contributed by atoms with Gasteiger partial charge < -0.3 is 21.3 Å². The fraction of sp³-hybridized carbons (Fsp3) is 0.909. The fourth-order valence-corrected chi connectivity index (χ4v) is 3.27. The second-order valence-corrected chi connectivity index (χ2v) is 5.52. The maximum absolute atomic E-state index is 11.7. The van der Waals surface area contributed by atoms with Crippen molar-refractivity contribution in [3.8, 4) is 0 Å². The summed E-state index contributed by atoms with van der Waals surface area (Å²) in [5.74, 6) is 0.980. The summed E-state index contributed by atoms with van der Waals surface area (Å²) in [6.07, 6.45) is 1.32. The van der Waals surface area contributed by atoms with Gasteiger partial charge in [-0.15, -0.1) is 0 Å². The summed E-state index contributed by atoms with van der Waals surface area (Å²) in [6, 6.07) is 0. The van der Waals surface area contributed by atoms with Gasteiger partial charge in [0.2, 0.25) is 5.91 Å². The van der Waals surface area contributed by atoms with Crippen molar-refractivity contribution in [2.75, 3.05) is 24.7 Å². The standard InChI is InChI=1S/C11H22N2O3S/c1-2-13-11(10(12)16,8-3-4-8)7-17-6-9(15)5-14/h8-9,13-15H,2-7H2,1H3,(H2,12,16). The SMILES string of the molecule is CCNC(CSCC(O)CO)(C(N)=O)C1CC1. The van der Waals surface area contributed by atoms with E-state index in [0.29, 0.717) is 24.0 Å². The number of amides is 1. The zero-order chi connectivity index (χ0) is 12.9. The first kappa shape index (κ1) is 14.8. The second-order valence-electron chi connectivity index (χ2n) is 4.49. The molecule has 0 spiro atoms. The number of primary amides is 1. The van der Waals surface area contributed by atoms with E-state index in [2.05, 4.69) is 5.32 Å². The first-order valence-electron chi connectivity index (χ1n) is 5.98. The molecule has 0 radical (unpaired) electrons. The molecule has 1 aliphatic carbocycles. The molecule has 2 unspecified atom stereocenters. The second kappa shape index (κ2) is 6.58. The maximum atomic E-state index is 11.7. The molecule has 0 bridgehead atoms. The smallest absolute Gasteiger partial charge is 0.238 e. The molecule has 0 aromatic heterocycles. The highest BCUT2D eigenvalue weighted by Gasteiger charge is 2.49. The third-order valence-corrected chi connectivity index (χ3v) is 4.34. The van der Waals surface area contributed by atoms with Crippen molar-refractivity contribution in [1.82, 2.24) is 5.32 Å². The van der Waals surface area contributed by atoms with Crippen molar-refractivity contribution in [2.45, 2.75) is 31.4 Å². The molecule has 0 heterocycles. The van der Waals surface area contributed by atoms with E-state index in [1.807, 2.05) is 6.92 Å². The molecule has 0 aromatic carbocycles. The van der Waals surface area contributed by atoms with Crippen LogP contribution in [0.2, 0.25) is 0 Å². The Kier molecular flexibility index (Phi) is 5.72. The molecule has 5 nitrogen and oxygen atoms in total. The summed E-state index contributed by atoms with van der Waals surface area (Å²) in [5.41, 5.74) is 4.88. The van der Waals surface area contributed by atoms with Gasteiger partial charge in [0.25, 0.3) is 0 Å². The number of rotatable bonds is 9. The Balaban J connectivity index is 2.53. The molecule has 0 aromatic rings. The average molecular weight is 262 g/mol. The van der Waals surface area contributed by atoms with Crippen LogP contribution in [0.3, 0.4) is 0 Å². The van der Waals surface area contributed by atoms with Gasteiger partial charge in [0.15, 0.2) is 0 Å². The summed E-state index contributed by atoms with van der Waals surface area (Å²) in [4.78, 5) is 11.7. The highest BCUT2D eigenvalue weighted by molar-refractivity contribution is 7.99. The van der Waals surface area contributed by atoms with E-state index in [1.165, 1.54) is 11.8 Å². The van der Waals surface area contributed by atoms with Gasteiger partial charge in [0.05, 0.1) is 12.7 Å². The molecule has 100 valence electrons. The Hall–Kier alpha value is -0.300. The normalized spacial score (nSPS) is 20.9. The van der Waals surface area contributed by atoms with Gasteiger partial charge in [-0.25, -0.2) is 0 Å². The fourth-order valence-electron chi connectivity index (χ4n) is 1.97. The van der Waals surface area contributed by atoms with Gasteiger partial charge in [0.1, 0.15) is 5.54 Å². The Morgan fingerprint density at radius 1 is 1.65 bits per heavy atom. The van der Waals surface area contributed by atoms with Crippen LogP contribution in [0.5, 0.6) is 0 Å². The largest absolute Gasteiger partial charge is 0.394 e. The predicted octanol–water partition coefficient (Wildman–Crippen LogP) is -0.684. The molecular formula is C11H22N2O3S. The van der Waals surface area contributed by atoms with Crippen molar-refractivity contribution in [2.24, 2.45) is 11.7 Å². The summed E-state index contributed by atoms with van der Waals surface area (Å²) < 4.78 is 0. The molecule has 1 amide bonds. The number of likely N-dealkylation sites (N-methyl/N-ethyl adjacent to an activating group) is 1. The third kappa shape index (κ3) is 3.84. The van der Waals surface area contributed by atoms with Gasteiger partial charge in [-0.1, -0.05) is 6.92 Å². The van der Waals surface area contributed by atoms with Crippen LogP contribution in [0, 0.1) is 5.92 Å². The summed E-state index contributed by atoms with van der Waals surface area (Å²) in [7, 11) is 0. The number of nitrogens with one attached hydrogen (secondary N) is 1. The topological polar surface area (TPSA) is 95.6 Å². The lowest BCUT2D eigenvalue weighted by Crippen LogP contribution is -2.59. The van der Waals surface area contributed by atoms with Crippen molar-refractivity contribution < 1.29 is 15.0 Å². The Morgan fingerprint density at radius 3 is 2.71 bits per heavy atom. The van der Waals surface area contributed by atoms with E-state index in [-0.39, 0.29) is 12.5 Å². The Labute approximate surface area is 106 Å². The quantitative estimate of drug-likeness (QED) is 0.441. The van der Waals surface area contributed by atoms with Crippen LogP contribution in [0.1, 0.15) is 19.8 Å². The van der Waals surface area contributed by atoms with Crippen LogP contribution < -0.4 is 11.1 Å². The van der Waals surface area contributed by atoms with Crippen molar-refractivity contribution >= 4 is 17.7 Å². The molecule has 1 aliphatic rings. The molecule has 17 heavy (non-hydrogen) atoms. The number of hydrogen-bond donors (Lipinski definition) is 4. The molecule has 0 saturated heterocycles. The van der Waals surface area contributed by atoms with Gasteiger partial charge in [0, 0.05) is 11.5 Å². The number of carbonyl (C=O) groups excluding carboxylic acids is 1. The minimum Gasteiger partial charge on any atom is -0.394 e. The van der Waals surface area contributed by atoms with Crippen LogP contribution in [0.4, 0.5) is 0 Å². The maximum Gasteiger partial charge on any atom is 0.238 e. The zero-order valence-corrected chi connectivity index (χ0v) is 11.0. The minimum absolute atomic E-state index is 0.249. The lowest BCUT2D eigenvalue weighted by Gasteiger charge is -2.31. The lowest BCUT2D eigenvalue weighted by atomic mass is 9.94. The van der Waals surface area contributed by atoms with E-state index in [1.54, 1.807) is 0 Å². The Bertz CT molecular complexity index is 261. The van der Waals surface area contributed by atoms with Crippen LogP contribution in [0.25, 0.3) is 0 Å². The van der Waals surface area contributed by atoms with Gasteiger partial charge >= 0.3 is 0 Å². The molecule has 0 aliphatic heterocycles. The van der Waals surface area contributed by atoms with Crippen LogP contribution in [-0.2, 0) is 4.79 Å². The highest BCUT2D eigenvalue weighted by atomic mass is 32.2. The number of carbonyl (C=O) groups is 1. The summed E-state index contributed by atoms with van der Waals surface area (Å²) in [6.45, 7) is 2.40. The molecule has 1 fully saturated rings. The van der Waals surface area contributed by atoms with Gasteiger partial charge in [-0.3, -0.25) is 4.79 Å².